The molecule has 0 spiro atoms. The third-order valence-corrected chi connectivity index (χ3v) is 8.12. The van der Waals surface area contributed by atoms with E-state index in [1.165, 1.54) is 43.2 Å². The SMILES string of the molecule is CC(C)c1ccc2c(c1)CC[C@H]1[C@@](CN)(Cc3ccc(Cl)cc3)CCC[C@]21C. The first kappa shape index (κ1) is 20.0. The molecule has 0 bridgehead atoms. The van der Waals surface area contributed by atoms with Crippen LogP contribution in [-0.2, 0) is 18.3 Å². The lowest BCUT2D eigenvalue weighted by molar-refractivity contribution is 0.0177. The van der Waals surface area contributed by atoms with E-state index in [0.29, 0.717) is 11.8 Å². The molecule has 4 rings (SSSR count). The second kappa shape index (κ2) is 7.50. The van der Waals surface area contributed by atoms with Crippen molar-refractivity contribution in [1.82, 2.24) is 0 Å². The molecule has 1 fully saturated rings. The van der Waals surface area contributed by atoms with Crippen molar-refractivity contribution in [1.29, 1.82) is 0 Å². The lowest BCUT2D eigenvalue weighted by Gasteiger charge is -2.57. The molecule has 0 heterocycles. The molecule has 2 N–H and O–H groups in total. The molecule has 2 aromatic rings. The number of benzene rings is 2. The van der Waals surface area contributed by atoms with Crippen LogP contribution in [0.5, 0.6) is 0 Å². The van der Waals surface area contributed by atoms with Crippen LogP contribution in [0.15, 0.2) is 42.5 Å². The Morgan fingerprint density at radius 2 is 1.86 bits per heavy atom. The number of hydrogen-bond acceptors (Lipinski definition) is 1. The molecule has 2 aromatic carbocycles. The monoisotopic (exact) mass is 395 g/mol. The normalized spacial score (nSPS) is 29.4. The Morgan fingerprint density at radius 1 is 1.11 bits per heavy atom. The van der Waals surface area contributed by atoms with Crippen LogP contribution in [0.1, 0.15) is 74.6 Å². The average molecular weight is 396 g/mol. The van der Waals surface area contributed by atoms with Crippen molar-refractivity contribution in [2.24, 2.45) is 17.1 Å². The predicted molar refractivity (Wildman–Crippen MR) is 120 cm³/mol. The van der Waals surface area contributed by atoms with Gasteiger partial charge in [0, 0.05) is 5.02 Å². The van der Waals surface area contributed by atoms with Crippen molar-refractivity contribution in [3.8, 4) is 0 Å². The molecule has 2 heteroatoms. The molecule has 150 valence electrons. The van der Waals surface area contributed by atoms with Crippen LogP contribution in [0.4, 0.5) is 0 Å². The summed E-state index contributed by atoms with van der Waals surface area (Å²) in [4.78, 5) is 0. The Kier molecular flexibility index (Phi) is 5.35. The van der Waals surface area contributed by atoms with Crippen LogP contribution in [0.25, 0.3) is 0 Å². The standard InChI is InChI=1S/C26H34ClN/c1-18(2)20-7-11-23-21(15-20)8-12-24-25(23,3)13-4-14-26(24,17-28)16-19-5-9-22(27)10-6-19/h5-7,9-11,15,18,24H,4,8,12-14,16-17,28H2,1-3H3/t24-,25-,26-/m1/s1. The van der Waals surface area contributed by atoms with Gasteiger partial charge in [0.2, 0.25) is 0 Å². The number of halogens is 1. The molecule has 28 heavy (non-hydrogen) atoms. The van der Waals surface area contributed by atoms with Gasteiger partial charge in [-0.1, -0.05) is 69.1 Å². The molecule has 3 atom stereocenters. The molecule has 0 aliphatic heterocycles. The fourth-order valence-corrected chi connectivity index (χ4v) is 6.48. The summed E-state index contributed by atoms with van der Waals surface area (Å²) >= 11 is 6.12. The number of aryl methyl sites for hydroxylation is 1. The van der Waals surface area contributed by atoms with Gasteiger partial charge < -0.3 is 5.73 Å². The third kappa shape index (κ3) is 3.31. The first-order chi connectivity index (χ1) is 13.4. The number of rotatable bonds is 4. The van der Waals surface area contributed by atoms with Crippen molar-refractivity contribution >= 4 is 11.6 Å². The Hall–Kier alpha value is -1.31. The van der Waals surface area contributed by atoms with Crippen molar-refractivity contribution in [2.75, 3.05) is 6.54 Å². The number of hydrogen-bond donors (Lipinski definition) is 1. The molecule has 1 saturated carbocycles. The minimum absolute atomic E-state index is 0.190. The van der Waals surface area contributed by atoms with Gasteiger partial charge in [0.25, 0.3) is 0 Å². The smallest absolute Gasteiger partial charge is 0.0406 e. The van der Waals surface area contributed by atoms with Gasteiger partial charge >= 0.3 is 0 Å². The van der Waals surface area contributed by atoms with E-state index in [-0.39, 0.29) is 10.8 Å². The molecule has 0 amide bonds. The zero-order valence-electron chi connectivity index (χ0n) is 17.6. The predicted octanol–water partition coefficient (Wildman–Crippen LogP) is 6.66. The van der Waals surface area contributed by atoms with Gasteiger partial charge in [-0.05, 0) is 95.7 Å². The molecule has 1 nitrogen and oxygen atoms in total. The molecule has 2 aliphatic rings. The van der Waals surface area contributed by atoms with E-state index in [1.807, 2.05) is 12.1 Å². The quantitative estimate of drug-likeness (QED) is 0.615. The van der Waals surface area contributed by atoms with Gasteiger partial charge in [-0.15, -0.1) is 0 Å². The minimum atomic E-state index is 0.190. The fraction of sp³-hybridized carbons (Fsp3) is 0.538. The molecular weight excluding hydrogens is 362 g/mol. The van der Waals surface area contributed by atoms with Gasteiger partial charge in [0.15, 0.2) is 0 Å². The van der Waals surface area contributed by atoms with E-state index in [2.05, 4.69) is 51.1 Å². The second-order valence-electron chi connectivity index (χ2n) is 9.80. The van der Waals surface area contributed by atoms with Crippen LogP contribution in [0, 0.1) is 11.3 Å². The van der Waals surface area contributed by atoms with E-state index in [1.54, 1.807) is 11.1 Å². The van der Waals surface area contributed by atoms with Crippen molar-refractivity contribution in [3.63, 3.8) is 0 Å². The highest BCUT2D eigenvalue weighted by Crippen LogP contribution is 2.58. The maximum absolute atomic E-state index is 6.54. The van der Waals surface area contributed by atoms with Gasteiger partial charge in [-0.2, -0.15) is 0 Å². The van der Waals surface area contributed by atoms with E-state index in [4.69, 9.17) is 17.3 Å². The summed E-state index contributed by atoms with van der Waals surface area (Å²) in [6, 6.07) is 15.7. The largest absolute Gasteiger partial charge is 0.330 e. The Balaban J connectivity index is 1.72. The van der Waals surface area contributed by atoms with Crippen LogP contribution in [0.3, 0.4) is 0 Å². The minimum Gasteiger partial charge on any atom is -0.330 e. The van der Waals surface area contributed by atoms with Crippen molar-refractivity contribution < 1.29 is 0 Å². The van der Waals surface area contributed by atoms with Crippen molar-refractivity contribution in [3.05, 3.63) is 69.7 Å². The van der Waals surface area contributed by atoms with Gasteiger partial charge in [-0.3, -0.25) is 0 Å². The number of fused-ring (bicyclic) bond motifs is 3. The third-order valence-electron chi connectivity index (χ3n) is 7.87. The summed E-state index contributed by atoms with van der Waals surface area (Å²) in [6.45, 7) is 7.88. The van der Waals surface area contributed by atoms with E-state index < -0.39 is 0 Å². The summed E-state index contributed by atoms with van der Waals surface area (Å²) in [7, 11) is 0. The highest BCUT2D eigenvalue weighted by Gasteiger charge is 2.53. The second-order valence-corrected chi connectivity index (χ2v) is 10.2. The van der Waals surface area contributed by atoms with Gasteiger partial charge in [0.05, 0.1) is 0 Å². The maximum Gasteiger partial charge on any atom is 0.0406 e. The first-order valence-electron chi connectivity index (χ1n) is 11.0. The van der Waals surface area contributed by atoms with Crippen molar-refractivity contribution in [2.45, 2.75) is 70.6 Å². The molecule has 0 aromatic heterocycles. The topological polar surface area (TPSA) is 26.0 Å². The molecule has 0 saturated heterocycles. The van der Waals surface area contributed by atoms with Crippen LogP contribution in [-0.4, -0.2) is 6.54 Å². The van der Waals surface area contributed by atoms with Crippen LogP contribution >= 0.6 is 11.6 Å². The molecule has 0 radical (unpaired) electrons. The van der Waals surface area contributed by atoms with Crippen LogP contribution in [0.2, 0.25) is 5.02 Å². The number of nitrogens with two attached hydrogens (primary N) is 1. The summed E-state index contributed by atoms with van der Waals surface area (Å²) in [5.41, 5.74) is 13.0. The zero-order valence-corrected chi connectivity index (χ0v) is 18.4. The zero-order chi connectivity index (χ0) is 19.9. The summed E-state index contributed by atoms with van der Waals surface area (Å²) in [5, 5.41) is 0.812. The van der Waals surface area contributed by atoms with E-state index in [0.717, 1.165) is 18.0 Å². The summed E-state index contributed by atoms with van der Waals surface area (Å²) in [5.74, 6) is 1.24. The molecule has 0 unspecified atom stereocenters. The van der Waals surface area contributed by atoms with E-state index in [9.17, 15) is 0 Å². The molecular formula is C26H34ClN. The Bertz CT molecular complexity index is 840. The Labute approximate surface area is 175 Å². The lowest BCUT2D eigenvalue weighted by Crippen LogP contribution is -2.54. The maximum atomic E-state index is 6.54. The highest BCUT2D eigenvalue weighted by molar-refractivity contribution is 6.30. The summed E-state index contributed by atoms with van der Waals surface area (Å²) in [6.07, 6.45) is 7.32. The van der Waals surface area contributed by atoms with E-state index >= 15 is 0 Å². The highest BCUT2D eigenvalue weighted by atomic mass is 35.5. The average Bonchev–Trinajstić information content (AvgIpc) is 2.69. The van der Waals surface area contributed by atoms with Crippen LogP contribution < -0.4 is 5.73 Å². The Morgan fingerprint density at radius 3 is 2.54 bits per heavy atom. The molecule has 2 aliphatic carbocycles. The van der Waals surface area contributed by atoms with Gasteiger partial charge in [-0.25, -0.2) is 0 Å². The van der Waals surface area contributed by atoms with Gasteiger partial charge in [0.1, 0.15) is 0 Å². The fourth-order valence-electron chi connectivity index (χ4n) is 6.35. The summed E-state index contributed by atoms with van der Waals surface area (Å²) < 4.78 is 0. The first-order valence-corrected chi connectivity index (χ1v) is 11.3. The lowest BCUT2D eigenvalue weighted by atomic mass is 9.48.